The molecule has 0 unspecified atom stereocenters. The van der Waals surface area contributed by atoms with E-state index in [2.05, 4.69) is 55.5 Å². The summed E-state index contributed by atoms with van der Waals surface area (Å²) in [5.74, 6) is -0.668. The van der Waals surface area contributed by atoms with Gasteiger partial charge in [-0.2, -0.15) is 0 Å². The molecule has 0 aliphatic rings. The van der Waals surface area contributed by atoms with Gasteiger partial charge in [0.2, 0.25) is 0 Å². The number of carbonyl (C=O) groups is 2. The number of aliphatic hydroxyl groups excluding tert-OH is 2. The number of carbonyl (C=O) groups excluding carboxylic acids is 2. The minimum Gasteiger partial charge on any atom is -0.462 e. The Morgan fingerprint density at radius 2 is 0.922 bits per heavy atom. The van der Waals surface area contributed by atoms with Gasteiger partial charge >= 0.3 is 11.9 Å². The maximum absolute atomic E-state index is 12.2. The lowest BCUT2D eigenvalue weighted by Crippen LogP contribution is -2.28. The van der Waals surface area contributed by atoms with Crippen LogP contribution in [0, 0.1) is 0 Å². The Morgan fingerprint density at radius 1 is 0.529 bits per heavy atom. The molecule has 0 amide bonds. The first kappa shape index (κ1) is 48.8. The van der Waals surface area contributed by atoms with Gasteiger partial charge in [0, 0.05) is 12.8 Å². The summed E-state index contributed by atoms with van der Waals surface area (Å²) in [6, 6.07) is 0. The van der Waals surface area contributed by atoms with Crippen LogP contribution in [0.25, 0.3) is 0 Å². The van der Waals surface area contributed by atoms with Gasteiger partial charge in [-0.1, -0.05) is 171 Å². The molecule has 0 saturated carbocycles. The topological polar surface area (TPSA) is 93.1 Å². The zero-order valence-electron chi connectivity index (χ0n) is 33.2. The number of aliphatic hydroxyl groups is 2. The third-order valence-corrected chi connectivity index (χ3v) is 9.14. The minimum atomic E-state index is -0.807. The van der Waals surface area contributed by atoms with Crippen LogP contribution in [-0.2, 0) is 19.1 Å². The summed E-state index contributed by atoms with van der Waals surface area (Å²) in [5, 5.41) is 18.8. The highest BCUT2D eigenvalue weighted by molar-refractivity contribution is 5.70. The zero-order valence-corrected chi connectivity index (χ0v) is 33.2. The van der Waals surface area contributed by atoms with Gasteiger partial charge in [0.05, 0.1) is 12.7 Å². The number of hydrogen-bond donors (Lipinski definition) is 2. The van der Waals surface area contributed by atoms with E-state index < -0.39 is 6.10 Å². The van der Waals surface area contributed by atoms with E-state index in [0.29, 0.717) is 12.8 Å². The summed E-state index contributed by atoms with van der Waals surface area (Å²) in [6.07, 6.45) is 48.9. The lowest BCUT2D eigenvalue weighted by molar-refractivity contribution is -0.161. The molecule has 0 radical (unpaired) electrons. The van der Waals surface area contributed by atoms with Crippen molar-refractivity contribution in [2.75, 3.05) is 13.2 Å². The van der Waals surface area contributed by atoms with E-state index >= 15 is 0 Å². The molecular formula is C45H80O6. The van der Waals surface area contributed by atoms with Crippen molar-refractivity contribution in [2.24, 2.45) is 0 Å². The first-order valence-electron chi connectivity index (χ1n) is 21.2. The number of rotatable bonds is 38. The highest BCUT2D eigenvalue weighted by Crippen LogP contribution is 2.15. The van der Waals surface area contributed by atoms with E-state index in [-0.39, 0.29) is 37.7 Å². The third kappa shape index (κ3) is 40.4. The van der Waals surface area contributed by atoms with Crippen LogP contribution in [0.15, 0.2) is 48.6 Å². The Kier molecular flexibility index (Phi) is 38.9. The van der Waals surface area contributed by atoms with Crippen molar-refractivity contribution in [1.82, 2.24) is 0 Å². The molecule has 296 valence electrons. The Bertz CT molecular complexity index is 874. The third-order valence-electron chi connectivity index (χ3n) is 9.14. The Morgan fingerprint density at radius 3 is 1.35 bits per heavy atom. The standard InChI is InChI=1S/C45H80O6/c1-3-4-5-6-7-8-9-10-11-12-13-14-17-20-23-26-29-32-35-38-44(48)50-41-43(40-46)51-45(49)39-36-33-30-27-24-21-18-15-16-19-22-25-28-31-34-37-42(2)47/h16,18-19,21,25,27-28,30,42-43,46-47H,3-15,17,20,22-24,26,29,31-41H2,1-2H3/b19-16-,21-18-,28-25-,30-27-/t42-,43-/m0/s1. The summed E-state index contributed by atoms with van der Waals surface area (Å²) in [7, 11) is 0. The molecule has 0 spiro atoms. The van der Waals surface area contributed by atoms with E-state index in [1.165, 1.54) is 103 Å². The smallest absolute Gasteiger partial charge is 0.306 e. The molecule has 0 rings (SSSR count). The number of allylic oxidation sites excluding steroid dienone is 8. The maximum Gasteiger partial charge on any atom is 0.306 e. The largest absolute Gasteiger partial charge is 0.462 e. The molecule has 2 N–H and O–H groups in total. The number of ether oxygens (including phenoxy) is 2. The quantitative estimate of drug-likeness (QED) is 0.0375. The molecule has 0 aliphatic heterocycles. The summed E-state index contributed by atoms with van der Waals surface area (Å²) in [5.41, 5.74) is 0. The predicted octanol–water partition coefficient (Wildman–Crippen LogP) is 12.4. The molecule has 0 aliphatic carbocycles. The summed E-state index contributed by atoms with van der Waals surface area (Å²) >= 11 is 0. The Balaban J connectivity index is 3.61. The lowest BCUT2D eigenvalue weighted by atomic mass is 10.0. The maximum atomic E-state index is 12.2. The summed E-state index contributed by atoms with van der Waals surface area (Å²) < 4.78 is 10.6. The molecule has 0 aromatic rings. The normalized spacial score (nSPS) is 13.3. The minimum absolute atomic E-state index is 0.0941. The van der Waals surface area contributed by atoms with Crippen LogP contribution < -0.4 is 0 Å². The molecule has 0 fully saturated rings. The molecule has 0 heterocycles. The lowest BCUT2D eigenvalue weighted by Gasteiger charge is -2.15. The van der Waals surface area contributed by atoms with Gasteiger partial charge < -0.3 is 19.7 Å². The second-order valence-electron chi connectivity index (χ2n) is 14.4. The van der Waals surface area contributed by atoms with Gasteiger partial charge in [-0.3, -0.25) is 9.59 Å². The Labute approximate surface area is 314 Å². The fraction of sp³-hybridized carbons (Fsp3) is 0.778. The molecule has 0 bridgehead atoms. The van der Waals surface area contributed by atoms with Crippen LogP contribution in [0.1, 0.15) is 200 Å². The first-order chi connectivity index (χ1) is 25.0. The number of esters is 2. The van der Waals surface area contributed by atoms with Gasteiger partial charge in [-0.25, -0.2) is 0 Å². The molecule has 0 saturated heterocycles. The number of unbranched alkanes of at least 4 members (excludes halogenated alkanes) is 20. The molecule has 51 heavy (non-hydrogen) atoms. The van der Waals surface area contributed by atoms with Crippen LogP contribution in [0.4, 0.5) is 0 Å². The molecule has 0 aromatic heterocycles. The van der Waals surface area contributed by atoms with Crippen molar-refractivity contribution >= 4 is 11.9 Å². The van der Waals surface area contributed by atoms with Gasteiger partial charge in [0.25, 0.3) is 0 Å². The SMILES string of the molecule is CCCCCCCCCCCCCCCCCCCCCC(=O)OC[C@H](CO)OC(=O)CCC/C=C\C/C=C\C/C=C\C/C=C\CCC[C@H](C)O. The zero-order chi connectivity index (χ0) is 37.3. The van der Waals surface area contributed by atoms with Crippen molar-refractivity contribution in [2.45, 2.75) is 212 Å². The van der Waals surface area contributed by atoms with Gasteiger partial charge in [-0.15, -0.1) is 0 Å². The number of hydrogen-bond acceptors (Lipinski definition) is 6. The first-order valence-corrected chi connectivity index (χ1v) is 21.2. The van der Waals surface area contributed by atoms with E-state index in [9.17, 15) is 19.8 Å². The van der Waals surface area contributed by atoms with Crippen LogP contribution in [0.5, 0.6) is 0 Å². The average Bonchev–Trinajstić information content (AvgIpc) is 3.12. The van der Waals surface area contributed by atoms with Crippen LogP contribution in [0.3, 0.4) is 0 Å². The van der Waals surface area contributed by atoms with Crippen molar-refractivity contribution in [3.8, 4) is 0 Å². The molecule has 2 atom stereocenters. The van der Waals surface area contributed by atoms with Crippen LogP contribution >= 0.6 is 0 Å². The monoisotopic (exact) mass is 717 g/mol. The molecule has 0 aromatic carbocycles. The van der Waals surface area contributed by atoms with Gasteiger partial charge in [-0.05, 0) is 64.7 Å². The summed E-state index contributed by atoms with van der Waals surface area (Å²) in [6.45, 7) is 3.65. The van der Waals surface area contributed by atoms with Crippen LogP contribution in [-0.4, -0.2) is 47.6 Å². The van der Waals surface area contributed by atoms with E-state index in [0.717, 1.165) is 64.2 Å². The second-order valence-corrected chi connectivity index (χ2v) is 14.4. The van der Waals surface area contributed by atoms with Crippen molar-refractivity contribution in [3.63, 3.8) is 0 Å². The van der Waals surface area contributed by atoms with Crippen LogP contribution in [0.2, 0.25) is 0 Å². The average molecular weight is 717 g/mol. The predicted molar refractivity (Wildman–Crippen MR) is 216 cm³/mol. The van der Waals surface area contributed by atoms with E-state index in [1.54, 1.807) is 0 Å². The molecule has 6 nitrogen and oxygen atoms in total. The Hall–Kier alpha value is -2.18. The fourth-order valence-corrected chi connectivity index (χ4v) is 5.92. The summed E-state index contributed by atoms with van der Waals surface area (Å²) in [4.78, 5) is 24.3. The molecular weight excluding hydrogens is 636 g/mol. The van der Waals surface area contributed by atoms with Gasteiger partial charge in [0.1, 0.15) is 6.61 Å². The fourth-order valence-electron chi connectivity index (χ4n) is 5.92. The highest BCUT2D eigenvalue weighted by Gasteiger charge is 2.16. The second kappa shape index (κ2) is 40.6. The van der Waals surface area contributed by atoms with E-state index in [1.807, 2.05) is 6.92 Å². The van der Waals surface area contributed by atoms with Crippen molar-refractivity contribution < 1.29 is 29.3 Å². The van der Waals surface area contributed by atoms with Crippen molar-refractivity contribution in [1.29, 1.82) is 0 Å². The van der Waals surface area contributed by atoms with E-state index in [4.69, 9.17) is 9.47 Å². The van der Waals surface area contributed by atoms with Gasteiger partial charge in [0.15, 0.2) is 6.10 Å². The van der Waals surface area contributed by atoms with Crippen molar-refractivity contribution in [3.05, 3.63) is 48.6 Å². The highest BCUT2D eigenvalue weighted by atomic mass is 16.6. The molecule has 6 heteroatoms.